The monoisotopic (exact) mass is 1390 g/mol. The van der Waals surface area contributed by atoms with Crippen LogP contribution in [0.1, 0.15) is 92.4 Å². The fraction of sp³-hybridized carbons (Fsp3) is 0.0654. The van der Waals surface area contributed by atoms with E-state index < -0.39 is 10.8 Å². The van der Waals surface area contributed by atoms with Crippen molar-refractivity contribution in [2.75, 3.05) is 9.80 Å². The maximum Gasteiger partial charge on any atom is 0.0714 e. The summed E-state index contributed by atoms with van der Waals surface area (Å²) in [5.74, 6) is 0.526. The standard InChI is InChI=1S/C107H74N2/c1-105(2)96-49-26-23-44-82(96)85-58-53-78(67-99(85)105)108(74-38-17-7-18-39-74)76-56-61-93-94(65-76)102(69-52-57-86-83-45-24-27-50-97(83)106(100(86)64-69,70-30-9-3-10-31-70)71-32-11-4-12-33-71)92-60-55-77(66-95(92)104(93)91-63-62-90-81-43-22-21-42-80(81)88-47-29-48-89(91)103(88)90)109(75-40-19-8-20-41-75)79-54-59-87-84-46-25-28-51-98(84)107(101(87)68-79,72-34-13-5-14-35-72)73-36-15-6-16-37-73/h3-68,80-81H,1-2H3. The molecule has 17 aromatic carbocycles. The second-order valence-corrected chi connectivity index (χ2v) is 30.8. The van der Waals surface area contributed by atoms with E-state index in [4.69, 9.17) is 0 Å². The molecule has 0 bridgehead atoms. The minimum absolute atomic E-state index is 0.211. The fourth-order valence-corrected chi connectivity index (χ4v) is 20.6. The van der Waals surface area contributed by atoms with Crippen LogP contribution in [0.2, 0.25) is 0 Å². The summed E-state index contributed by atoms with van der Waals surface area (Å²) in [4.78, 5) is 5.02. The van der Waals surface area contributed by atoms with Gasteiger partial charge in [0.25, 0.3) is 0 Å². The second kappa shape index (κ2) is 24.3. The van der Waals surface area contributed by atoms with Gasteiger partial charge in [0.2, 0.25) is 0 Å². The van der Waals surface area contributed by atoms with Crippen LogP contribution in [0.4, 0.5) is 34.1 Å². The summed E-state index contributed by atoms with van der Waals surface area (Å²) in [6.45, 7) is 4.78. The van der Waals surface area contributed by atoms with E-state index in [-0.39, 0.29) is 17.3 Å². The number of hydrogen-bond donors (Lipinski definition) is 0. The van der Waals surface area contributed by atoms with Gasteiger partial charge in [0.05, 0.1) is 10.8 Å². The smallest absolute Gasteiger partial charge is 0.0714 e. The van der Waals surface area contributed by atoms with Crippen molar-refractivity contribution in [3.63, 3.8) is 0 Å². The Bertz CT molecular complexity index is 6530. The number of benzene rings is 17. The summed E-state index contributed by atoms with van der Waals surface area (Å²) in [6.07, 6.45) is 9.33. The molecule has 0 N–H and O–H groups in total. The van der Waals surface area contributed by atoms with Gasteiger partial charge in [-0.3, -0.25) is 0 Å². The topological polar surface area (TPSA) is 6.48 Å². The van der Waals surface area contributed by atoms with Crippen LogP contribution in [0.15, 0.2) is 400 Å². The molecule has 0 aromatic heterocycles. The Balaban J connectivity index is 0.857. The van der Waals surface area contributed by atoms with Gasteiger partial charge in [-0.25, -0.2) is 0 Å². The van der Waals surface area contributed by atoms with E-state index in [1.54, 1.807) is 0 Å². The molecule has 2 atom stereocenters. The van der Waals surface area contributed by atoms with Gasteiger partial charge in [0.1, 0.15) is 0 Å². The molecule has 2 heteroatoms. The lowest BCUT2D eigenvalue weighted by atomic mass is 9.67. The molecule has 2 nitrogen and oxygen atoms in total. The first-order chi connectivity index (χ1) is 53.8. The number of anilines is 6. The van der Waals surface area contributed by atoms with Crippen molar-refractivity contribution >= 4 is 66.4 Å². The van der Waals surface area contributed by atoms with Crippen molar-refractivity contribution in [2.24, 2.45) is 0 Å². The van der Waals surface area contributed by atoms with Crippen molar-refractivity contribution in [1.29, 1.82) is 0 Å². The predicted octanol–water partition coefficient (Wildman–Crippen LogP) is 27.8. The highest BCUT2D eigenvalue weighted by atomic mass is 15.1. The lowest BCUT2D eigenvalue weighted by molar-refractivity contribution is 0.660. The van der Waals surface area contributed by atoms with Gasteiger partial charge in [-0.15, -0.1) is 0 Å². The van der Waals surface area contributed by atoms with Crippen molar-refractivity contribution in [2.45, 2.75) is 41.9 Å². The fourth-order valence-electron chi connectivity index (χ4n) is 20.6. The van der Waals surface area contributed by atoms with E-state index in [2.05, 4.69) is 424 Å². The molecule has 0 amide bonds. The zero-order valence-corrected chi connectivity index (χ0v) is 60.7. The Kier molecular flexibility index (Phi) is 14.0. The van der Waals surface area contributed by atoms with Crippen LogP contribution in [0.25, 0.3) is 88.0 Å². The lowest BCUT2D eigenvalue weighted by Crippen LogP contribution is -2.28. The summed E-state index contributed by atoms with van der Waals surface area (Å²) in [6, 6.07) is 143. The quantitative estimate of drug-likeness (QED) is 0.113. The number of rotatable bonds is 12. The first-order valence-corrected chi connectivity index (χ1v) is 38.5. The first-order valence-electron chi connectivity index (χ1n) is 38.5. The third-order valence-electron chi connectivity index (χ3n) is 25.1. The molecule has 5 aliphatic carbocycles. The minimum Gasteiger partial charge on any atom is -0.310 e. The number of allylic oxidation sites excluding steroid dienone is 4. The molecule has 0 saturated heterocycles. The Labute approximate surface area is 636 Å². The molecule has 0 radical (unpaired) electrons. The molecule has 22 rings (SSSR count). The van der Waals surface area contributed by atoms with Crippen LogP contribution in [0, 0.1) is 0 Å². The Morgan fingerprint density at radius 1 is 0.229 bits per heavy atom. The molecule has 512 valence electrons. The highest BCUT2D eigenvalue weighted by Gasteiger charge is 2.49. The third-order valence-corrected chi connectivity index (χ3v) is 25.1. The van der Waals surface area contributed by atoms with Crippen molar-refractivity contribution < 1.29 is 0 Å². The SMILES string of the molecule is CC1(C)c2ccccc2-c2ccc(N(c3ccccc3)c3ccc4c(-c5ccc6c7c(cccc57)C5C=CC=CC65)c5cc(N(c6ccccc6)c6ccc7c(c6)C(c6ccccc6)(c6ccccc6)c6ccccc6-7)ccc5c(-c5ccc6c(c5)C(c5ccccc5)(c5ccccc5)c5ccccc5-6)c4c3)cc21. The number of nitrogens with zero attached hydrogens (tertiary/aromatic N) is 2. The summed E-state index contributed by atoms with van der Waals surface area (Å²) in [5.41, 5.74) is 32.9. The van der Waals surface area contributed by atoms with Crippen molar-refractivity contribution in [3.8, 4) is 55.6 Å². The molecule has 0 aliphatic heterocycles. The van der Waals surface area contributed by atoms with E-state index in [1.165, 1.54) is 149 Å². The Morgan fingerprint density at radius 2 is 0.596 bits per heavy atom. The largest absolute Gasteiger partial charge is 0.310 e. The average molecular weight is 1390 g/mol. The summed E-state index contributed by atoms with van der Waals surface area (Å²) < 4.78 is 0. The molecule has 0 heterocycles. The van der Waals surface area contributed by atoms with E-state index in [1.807, 2.05) is 0 Å². The third kappa shape index (κ3) is 9.10. The molecular weight excluding hydrogens is 1310 g/mol. The average Bonchev–Trinajstić information content (AvgIpc) is 1.57. The maximum absolute atomic E-state index is 2.59. The van der Waals surface area contributed by atoms with Crippen LogP contribution in [-0.2, 0) is 16.2 Å². The molecule has 0 saturated carbocycles. The van der Waals surface area contributed by atoms with Gasteiger partial charge in [-0.05, 0) is 234 Å². The highest BCUT2D eigenvalue weighted by molar-refractivity contribution is 6.25. The molecule has 5 aliphatic rings. The van der Waals surface area contributed by atoms with Crippen LogP contribution < -0.4 is 9.80 Å². The molecule has 17 aromatic rings. The highest BCUT2D eigenvalue weighted by Crippen LogP contribution is 2.62. The van der Waals surface area contributed by atoms with Gasteiger partial charge < -0.3 is 9.80 Å². The molecule has 0 spiro atoms. The Hall–Kier alpha value is -13.4. The molecule has 2 unspecified atom stereocenters. The van der Waals surface area contributed by atoms with Gasteiger partial charge in [0.15, 0.2) is 0 Å². The van der Waals surface area contributed by atoms with Crippen LogP contribution in [-0.4, -0.2) is 0 Å². The van der Waals surface area contributed by atoms with E-state index in [9.17, 15) is 0 Å². The van der Waals surface area contributed by atoms with Crippen LogP contribution in [0.3, 0.4) is 0 Å². The van der Waals surface area contributed by atoms with Gasteiger partial charge in [-0.1, -0.05) is 335 Å². The lowest BCUT2D eigenvalue weighted by Gasteiger charge is -2.35. The maximum atomic E-state index is 2.59. The van der Waals surface area contributed by atoms with Crippen LogP contribution in [0.5, 0.6) is 0 Å². The molecule has 0 fully saturated rings. The first kappa shape index (κ1) is 62.9. The van der Waals surface area contributed by atoms with Gasteiger partial charge in [-0.2, -0.15) is 0 Å². The number of fused-ring (bicyclic) bond motifs is 14. The van der Waals surface area contributed by atoms with E-state index >= 15 is 0 Å². The van der Waals surface area contributed by atoms with E-state index in [0.29, 0.717) is 0 Å². The van der Waals surface area contributed by atoms with Gasteiger partial charge >= 0.3 is 0 Å². The van der Waals surface area contributed by atoms with E-state index in [0.717, 1.165) is 39.7 Å². The number of para-hydroxylation sites is 2. The minimum atomic E-state index is -0.641. The summed E-state index contributed by atoms with van der Waals surface area (Å²) in [7, 11) is 0. The zero-order valence-electron chi connectivity index (χ0n) is 60.7. The molecular formula is C107H74N2. The van der Waals surface area contributed by atoms with Crippen molar-refractivity contribution in [3.05, 3.63) is 467 Å². The van der Waals surface area contributed by atoms with Gasteiger partial charge in [0, 0.05) is 51.4 Å². The number of hydrogen-bond acceptors (Lipinski definition) is 2. The normalized spacial score (nSPS) is 15.8. The van der Waals surface area contributed by atoms with Crippen molar-refractivity contribution in [1.82, 2.24) is 0 Å². The predicted molar refractivity (Wildman–Crippen MR) is 455 cm³/mol. The van der Waals surface area contributed by atoms with Crippen LogP contribution >= 0.6 is 0 Å². The molecule has 109 heavy (non-hydrogen) atoms. The zero-order chi connectivity index (χ0) is 72.1. The second-order valence-electron chi connectivity index (χ2n) is 30.8. The summed E-state index contributed by atoms with van der Waals surface area (Å²) in [5, 5.41) is 7.31. The summed E-state index contributed by atoms with van der Waals surface area (Å²) >= 11 is 0. The Morgan fingerprint density at radius 3 is 1.11 bits per heavy atom.